The van der Waals surface area contributed by atoms with Crippen molar-refractivity contribution in [3.8, 4) is 0 Å². The van der Waals surface area contributed by atoms with E-state index in [2.05, 4.69) is 0 Å². The number of carboxylic acids is 1. The van der Waals surface area contributed by atoms with Crippen molar-refractivity contribution in [1.29, 1.82) is 0 Å². The van der Waals surface area contributed by atoms with Crippen LogP contribution in [0.2, 0.25) is 0 Å². The molecule has 0 heterocycles. The number of nitrogens with zero attached hydrogens (tertiary/aromatic N) is 1. The van der Waals surface area contributed by atoms with Crippen LogP contribution in [0, 0.1) is 5.92 Å². The fourth-order valence-electron chi connectivity index (χ4n) is 1.41. The van der Waals surface area contributed by atoms with Crippen LogP contribution in [0.25, 0.3) is 0 Å². The monoisotopic (exact) mass is 245 g/mol. The van der Waals surface area contributed by atoms with Gasteiger partial charge in [0.1, 0.15) is 0 Å². The molecule has 0 spiro atoms. The quantitative estimate of drug-likeness (QED) is 0.344. The molecule has 0 rings (SSSR count). The molecule has 0 aliphatic rings. The smallest absolute Gasteiger partial charge is 0.308 e. The summed E-state index contributed by atoms with van der Waals surface area (Å²) in [6, 6.07) is 0. The first-order valence-electron chi connectivity index (χ1n) is 6.23. The van der Waals surface area contributed by atoms with Gasteiger partial charge in [-0.1, -0.05) is 33.1 Å². The average molecular weight is 245 g/mol. The van der Waals surface area contributed by atoms with Crippen LogP contribution >= 0.6 is 0 Å². The Labute approximate surface area is 103 Å². The molecule has 1 atom stereocenters. The van der Waals surface area contributed by atoms with Gasteiger partial charge in [0.2, 0.25) is 6.41 Å². The number of hydrogen-bond acceptors (Lipinski definition) is 3. The molecule has 5 heteroatoms. The van der Waals surface area contributed by atoms with Crippen molar-refractivity contribution >= 4 is 12.4 Å². The van der Waals surface area contributed by atoms with Gasteiger partial charge in [-0.25, -0.2) is 5.06 Å². The predicted octanol–water partition coefficient (Wildman–Crippen LogP) is 2.07. The number of carbonyl (C=O) groups is 2. The highest BCUT2D eigenvalue weighted by molar-refractivity contribution is 5.70. The van der Waals surface area contributed by atoms with Gasteiger partial charge in [0.05, 0.1) is 19.1 Å². The molecule has 17 heavy (non-hydrogen) atoms. The largest absolute Gasteiger partial charge is 0.481 e. The molecule has 0 saturated carbocycles. The Morgan fingerprint density at radius 2 is 2.00 bits per heavy atom. The number of aliphatic carboxylic acids is 1. The summed E-state index contributed by atoms with van der Waals surface area (Å²) in [6.45, 7) is 4.61. The third-order valence-corrected chi connectivity index (χ3v) is 2.53. The van der Waals surface area contributed by atoms with Crippen LogP contribution in [0.1, 0.15) is 46.0 Å². The number of carbonyl (C=O) groups excluding carboxylic acids is 1. The molecule has 0 aromatic rings. The first-order valence-corrected chi connectivity index (χ1v) is 6.23. The Morgan fingerprint density at radius 1 is 1.35 bits per heavy atom. The van der Waals surface area contributed by atoms with Crippen molar-refractivity contribution in [2.45, 2.75) is 46.0 Å². The molecule has 100 valence electrons. The van der Waals surface area contributed by atoms with Crippen molar-refractivity contribution in [3.63, 3.8) is 0 Å². The van der Waals surface area contributed by atoms with Crippen molar-refractivity contribution in [3.05, 3.63) is 0 Å². The van der Waals surface area contributed by atoms with Gasteiger partial charge in [-0.2, -0.15) is 0 Å². The van der Waals surface area contributed by atoms with E-state index in [1.807, 2.05) is 13.8 Å². The zero-order valence-electron chi connectivity index (χ0n) is 10.7. The Morgan fingerprint density at radius 3 is 2.47 bits per heavy atom. The van der Waals surface area contributed by atoms with E-state index >= 15 is 0 Å². The lowest BCUT2D eigenvalue weighted by molar-refractivity contribution is -0.179. The minimum absolute atomic E-state index is 0.128. The molecule has 0 unspecified atom stereocenters. The zero-order valence-corrected chi connectivity index (χ0v) is 10.7. The number of rotatable bonds is 11. The third-order valence-electron chi connectivity index (χ3n) is 2.53. The number of hydroxylamine groups is 2. The SMILES string of the molecule is CCCCON(C=O)C[C@@H](CCCC)C(=O)O. The van der Waals surface area contributed by atoms with E-state index in [1.165, 1.54) is 0 Å². The molecule has 0 aromatic carbocycles. The molecule has 5 nitrogen and oxygen atoms in total. The van der Waals surface area contributed by atoms with Crippen molar-refractivity contribution in [1.82, 2.24) is 5.06 Å². The number of carboxylic acid groups (broad SMARTS) is 1. The number of amides is 1. The van der Waals surface area contributed by atoms with Gasteiger partial charge >= 0.3 is 5.97 Å². The minimum Gasteiger partial charge on any atom is -0.481 e. The summed E-state index contributed by atoms with van der Waals surface area (Å²) >= 11 is 0. The topological polar surface area (TPSA) is 66.8 Å². The summed E-state index contributed by atoms with van der Waals surface area (Å²) in [5, 5.41) is 10.1. The van der Waals surface area contributed by atoms with Crippen LogP contribution in [0.15, 0.2) is 0 Å². The lowest BCUT2D eigenvalue weighted by atomic mass is 10.0. The Balaban J connectivity index is 4.08. The van der Waals surface area contributed by atoms with Gasteiger partial charge < -0.3 is 5.11 Å². The van der Waals surface area contributed by atoms with Gasteiger partial charge in [0, 0.05) is 0 Å². The van der Waals surface area contributed by atoms with Crippen LogP contribution in [0.5, 0.6) is 0 Å². The van der Waals surface area contributed by atoms with Crippen molar-refractivity contribution < 1.29 is 19.5 Å². The van der Waals surface area contributed by atoms with Gasteiger partial charge in [0.15, 0.2) is 0 Å². The molecule has 1 N–H and O–H groups in total. The number of unbranched alkanes of at least 4 members (excludes halogenated alkanes) is 2. The summed E-state index contributed by atoms with van der Waals surface area (Å²) in [6.07, 6.45) is 4.76. The van der Waals surface area contributed by atoms with Crippen LogP contribution in [0.3, 0.4) is 0 Å². The second kappa shape index (κ2) is 10.1. The zero-order chi connectivity index (χ0) is 13.1. The summed E-state index contributed by atoms with van der Waals surface area (Å²) in [4.78, 5) is 26.9. The van der Waals surface area contributed by atoms with E-state index in [0.717, 1.165) is 30.7 Å². The molecule has 0 radical (unpaired) electrons. The van der Waals surface area contributed by atoms with Gasteiger partial charge in [-0.3, -0.25) is 14.4 Å². The van der Waals surface area contributed by atoms with Crippen LogP contribution in [0.4, 0.5) is 0 Å². The molecule has 0 aromatic heterocycles. The summed E-state index contributed by atoms with van der Waals surface area (Å²) in [5.74, 6) is -1.41. The van der Waals surface area contributed by atoms with Gasteiger partial charge in [-0.15, -0.1) is 0 Å². The molecule has 0 fully saturated rings. The highest BCUT2D eigenvalue weighted by atomic mass is 16.7. The molecule has 0 bridgehead atoms. The second-order valence-corrected chi connectivity index (χ2v) is 4.07. The maximum atomic E-state index is 11.0. The Bertz CT molecular complexity index is 221. The highest BCUT2D eigenvalue weighted by Crippen LogP contribution is 2.11. The maximum absolute atomic E-state index is 11.0. The van der Waals surface area contributed by atoms with E-state index in [4.69, 9.17) is 9.94 Å². The lowest BCUT2D eigenvalue weighted by Crippen LogP contribution is -2.32. The molecular weight excluding hydrogens is 222 g/mol. The molecule has 0 aliphatic carbocycles. The second-order valence-electron chi connectivity index (χ2n) is 4.07. The van der Waals surface area contributed by atoms with Gasteiger partial charge in [-0.05, 0) is 12.8 Å². The fourth-order valence-corrected chi connectivity index (χ4v) is 1.41. The van der Waals surface area contributed by atoms with Crippen LogP contribution in [-0.2, 0) is 14.4 Å². The van der Waals surface area contributed by atoms with Crippen LogP contribution in [-0.4, -0.2) is 35.7 Å². The minimum atomic E-state index is -0.871. The van der Waals surface area contributed by atoms with E-state index in [9.17, 15) is 9.59 Å². The van der Waals surface area contributed by atoms with Crippen LogP contribution < -0.4 is 0 Å². The third kappa shape index (κ3) is 7.74. The fraction of sp³-hybridized carbons (Fsp3) is 0.833. The first kappa shape index (κ1) is 15.9. The highest BCUT2D eigenvalue weighted by Gasteiger charge is 2.20. The summed E-state index contributed by atoms with van der Waals surface area (Å²) in [7, 11) is 0. The summed E-state index contributed by atoms with van der Waals surface area (Å²) < 4.78 is 0. The molecule has 1 amide bonds. The maximum Gasteiger partial charge on any atom is 0.308 e. The summed E-state index contributed by atoms with van der Waals surface area (Å²) in [5.41, 5.74) is 0. The first-order chi connectivity index (χ1) is 8.15. The number of hydrogen-bond donors (Lipinski definition) is 1. The van der Waals surface area contributed by atoms with E-state index in [-0.39, 0.29) is 6.54 Å². The predicted molar refractivity (Wildman–Crippen MR) is 64.3 cm³/mol. The lowest BCUT2D eigenvalue weighted by Gasteiger charge is -2.20. The Kier molecular flexibility index (Phi) is 9.43. The van der Waals surface area contributed by atoms with E-state index < -0.39 is 11.9 Å². The Hall–Kier alpha value is -1.10. The molecule has 0 aliphatic heterocycles. The van der Waals surface area contributed by atoms with Crippen molar-refractivity contribution in [2.24, 2.45) is 5.92 Å². The molecule has 0 saturated heterocycles. The standard InChI is InChI=1S/C12H23NO4/c1-3-5-7-11(12(15)16)9-13(10-14)17-8-6-4-2/h10-11H,3-9H2,1-2H3,(H,15,16)/t11-/m1/s1. The van der Waals surface area contributed by atoms with Gasteiger partial charge in [0.25, 0.3) is 0 Å². The molecular formula is C12H23NO4. The van der Waals surface area contributed by atoms with E-state index in [1.54, 1.807) is 0 Å². The normalized spacial score (nSPS) is 12.1. The van der Waals surface area contributed by atoms with Crippen molar-refractivity contribution in [2.75, 3.05) is 13.2 Å². The average Bonchev–Trinajstić information content (AvgIpc) is 2.32. The van der Waals surface area contributed by atoms with E-state index in [0.29, 0.717) is 19.4 Å².